The fourth-order valence-corrected chi connectivity index (χ4v) is 17.8. The summed E-state index contributed by atoms with van der Waals surface area (Å²) in [5, 5.41) is 349. The summed E-state index contributed by atoms with van der Waals surface area (Å²) >= 11 is 0. The Bertz CT molecular complexity index is 3880. The monoisotopic (exact) mass is 2020 g/mol. The van der Waals surface area contributed by atoms with Crippen molar-refractivity contribution in [3.63, 3.8) is 0 Å². The fraction of sp³-hybridized carbons (Fsp3) is 0.921. The average Bonchev–Trinajstić information content (AvgIpc) is 0.759. The number of carboxylic acid groups (broad SMARTS) is 1. The van der Waals surface area contributed by atoms with Crippen molar-refractivity contribution in [2.24, 2.45) is 0 Å². The highest BCUT2D eigenvalue weighted by Crippen LogP contribution is 2.42. The van der Waals surface area contributed by atoms with Crippen molar-refractivity contribution in [3.05, 3.63) is 0 Å². The first kappa shape index (κ1) is 113. The lowest BCUT2D eigenvalue weighted by Crippen LogP contribution is -2.71. The van der Waals surface area contributed by atoms with Gasteiger partial charge in [-0.1, -0.05) is 0 Å². The number of ether oxygens (including phenoxy) is 21. The zero-order chi connectivity index (χ0) is 102. The summed E-state index contributed by atoms with van der Waals surface area (Å²) in [5.41, 5.74) is 0. The van der Waals surface area contributed by atoms with E-state index in [9.17, 15) is 182 Å². The summed E-state index contributed by atoms with van der Waals surface area (Å²) in [5.74, 6) is -6.77. The van der Waals surface area contributed by atoms with Crippen molar-refractivity contribution < 1.29 is 281 Å². The van der Waals surface area contributed by atoms with Crippen molar-refractivity contribution in [2.45, 2.75) is 372 Å². The van der Waals surface area contributed by atoms with Gasteiger partial charge in [0.05, 0.1) is 66.1 Å². The van der Waals surface area contributed by atoms with Crippen molar-refractivity contribution in [1.29, 1.82) is 0 Å². The van der Waals surface area contributed by atoms with Gasteiger partial charge in [-0.05, 0) is 0 Å². The Morgan fingerprint density at radius 1 is 0.210 bits per heavy atom. The SMILES string of the molecule is CC(=O)N[C@@H]1[C@@H](O)[C@H](O[C@@H]2O[C@H](CO)[C@@H](O[C@@H]3O[C@H](CO[C@H]4O[C@H](CO)[C@@H](O)[C@H](O)[C@@H]4O[C@@H]4O[C@H](CO)[C@@H](O[C@@H]5O[C@H](CO)[C@H](O)[C@H](O)[C@H]5O)[C@H](O)[C@H]4NC(C)=O)[C@@H](O)[C@H](O[C@H]4O[C@H](CO)[C@@H](O[C@@H]5O[C@H](CO)[C@@H](O[C@@H]6O[C@H](CO)[C@H](O)[C@H](O[C@@H]7O[C@H](C(=O)O)[C@@H](O)[C@H](O)[C@H]7O)[C@H]6O)[C@H](O)[C@H]5NC(C)=O)[C@H](O)[C@@H]4O[C@@H]4O[C@H](CO)[C@@H](O)[C@H](O)[C@H]4NC(C)=O)[C@@H]3O)[C@H](O)[C@H]2NC(C)=O)[C@@H](CO)O[C@H]1O. The predicted octanol–water partition coefficient (Wildman–Crippen LogP) is -24.2. The van der Waals surface area contributed by atoms with Gasteiger partial charge in [0.25, 0.3) is 0 Å². The van der Waals surface area contributed by atoms with Crippen LogP contribution in [0.4, 0.5) is 0 Å². The number of amides is 5. The smallest absolute Gasteiger partial charge is 0.335 e. The third kappa shape index (κ3) is 24.9. The number of hydrogen-bond donors (Lipinski definition) is 35. The molecule has 55 atom stereocenters. The minimum absolute atomic E-state index is 0.829. The fourth-order valence-electron chi connectivity index (χ4n) is 17.8. The van der Waals surface area contributed by atoms with Gasteiger partial charge in [0.15, 0.2) is 75.3 Å². The molecular formula is C76H125N5O57. The van der Waals surface area contributed by atoms with Gasteiger partial charge < -0.3 is 279 Å². The van der Waals surface area contributed by atoms with Crippen LogP contribution in [0.2, 0.25) is 0 Å². The molecule has 796 valence electrons. The predicted molar refractivity (Wildman–Crippen MR) is 421 cm³/mol. The first-order valence-electron chi connectivity index (χ1n) is 43.6. The van der Waals surface area contributed by atoms with Gasteiger partial charge in [0.1, 0.15) is 262 Å². The Kier molecular flexibility index (Phi) is 40.5. The number of carboxylic acids is 1. The van der Waals surface area contributed by atoms with E-state index in [1.165, 1.54) is 0 Å². The third-order valence-electron chi connectivity index (χ3n) is 25.0. The van der Waals surface area contributed by atoms with Crippen LogP contribution in [0, 0.1) is 0 Å². The number of aliphatic carboxylic acids is 1. The maximum absolute atomic E-state index is 13.3. The standard InChI is InChI=1S/C76H125N5O57/c1-16(91)77-31-42(102)55(25(10-86)119-66(31)117)129-68-33(79-18(3)93)43(103)58(28(13-89)124-68)133-74-54(114)61(40(100)30(128-74)15-118-75-63(48(108)38(98)23(8-84)123-75)137-70-35(81-20(5)95)45(105)56(26(11-87)126-70)131-71-50(110)46(106)37(97)22(7-83)121-71)135-76-64(138-67-32(78-17(2)92)41(101)36(96)21(6-82)120-67)52(112)59(29(14-90)127-76)130-69-34(80-19(4)94)44(104)57(27(12-88)125-69)132-73-53(113)60(39(99)24(9-85)122-73)134-72-51(111)47(107)49(109)62(136-72)65(115)116/h21-64,66-76,82-90,96-114,117H,6-15H2,1-5H3,(H,77,91)(H,78,92)(H,79,93)(H,80,94)(H,81,95)(H,115,116)/t21-,22-,23-,24-,25-,26-,27-,28-,29-,30-,31-,32-,33-,34-,35-,36-,37+,38-,39+,40-,41-,42-,43-,44-,45-,46+,47+,48+,49+,50-,51-,52+,53-,54+,55-,56-,57-,58-,59-,60+,61+,62+,63+,64+,66-,67+,68+,69+,70+,71+,72-,73+,74+,75+,76-/m1/s1. The largest absolute Gasteiger partial charge is 0.479 e. The summed E-state index contributed by atoms with van der Waals surface area (Å²) in [4.78, 5) is 76.8. The molecule has 11 aliphatic heterocycles. The highest BCUT2D eigenvalue weighted by Gasteiger charge is 2.64. The molecule has 62 nitrogen and oxygen atoms in total. The van der Waals surface area contributed by atoms with Gasteiger partial charge in [0, 0.05) is 34.6 Å². The van der Waals surface area contributed by atoms with E-state index in [-0.39, 0.29) is 0 Å². The number of hydrogen-bond acceptors (Lipinski definition) is 56. The second-order valence-corrected chi connectivity index (χ2v) is 34.6. The summed E-state index contributed by atoms with van der Waals surface area (Å²) < 4.78 is 125. The van der Waals surface area contributed by atoms with E-state index >= 15 is 0 Å². The van der Waals surface area contributed by atoms with Crippen molar-refractivity contribution in [1.82, 2.24) is 26.6 Å². The van der Waals surface area contributed by atoms with Gasteiger partial charge in [-0.3, -0.25) is 24.0 Å². The average molecular weight is 2020 g/mol. The van der Waals surface area contributed by atoms with Gasteiger partial charge >= 0.3 is 5.97 Å². The zero-order valence-electron chi connectivity index (χ0n) is 73.8. The molecule has 0 aromatic rings. The molecule has 0 aromatic heterocycles. The molecule has 0 spiro atoms. The van der Waals surface area contributed by atoms with Crippen LogP contribution in [-0.4, -0.2) is 592 Å². The van der Waals surface area contributed by atoms with Crippen LogP contribution in [0.25, 0.3) is 0 Å². The van der Waals surface area contributed by atoms with Gasteiger partial charge in [-0.2, -0.15) is 0 Å². The number of carbonyl (C=O) groups excluding carboxylic acids is 5. The maximum Gasteiger partial charge on any atom is 0.335 e. The number of carbonyl (C=O) groups is 6. The molecule has 0 aromatic carbocycles. The van der Waals surface area contributed by atoms with Crippen LogP contribution in [0.1, 0.15) is 34.6 Å². The molecule has 62 heteroatoms. The number of aliphatic hydroxyl groups is 29. The van der Waals surface area contributed by atoms with E-state index in [1.54, 1.807) is 0 Å². The van der Waals surface area contributed by atoms with Crippen LogP contribution >= 0.6 is 0 Å². The highest BCUT2D eigenvalue weighted by molar-refractivity contribution is 5.75. The molecule has 0 aliphatic carbocycles. The van der Waals surface area contributed by atoms with Crippen LogP contribution in [-0.2, 0) is 128 Å². The third-order valence-corrected chi connectivity index (χ3v) is 25.0. The minimum Gasteiger partial charge on any atom is -0.479 e. The Hall–Kier alpha value is -5.18. The first-order chi connectivity index (χ1) is 65.2. The molecular weight excluding hydrogens is 1890 g/mol. The second-order valence-electron chi connectivity index (χ2n) is 34.6. The lowest BCUT2D eigenvalue weighted by Gasteiger charge is -2.52. The van der Waals surface area contributed by atoms with E-state index in [0.717, 1.165) is 34.6 Å². The number of rotatable bonds is 36. The molecule has 35 N–H and O–H groups in total. The molecule has 0 bridgehead atoms. The van der Waals surface area contributed by atoms with Crippen LogP contribution < -0.4 is 26.6 Å². The lowest BCUT2D eigenvalue weighted by molar-refractivity contribution is -0.405. The van der Waals surface area contributed by atoms with Crippen LogP contribution in [0.3, 0.4) is 0 Å². The van der Waals surface area contributed by atoms with E-state index < -0.39 is 439 Å². The van der Waals surface area contributed by atoms with E-state index in [1.807, 2.05) is 0 Å². The van der Waals surface area contributed by atoms with Crippen molar-refractivity contribution in [2.75, 3.05) is 66.1 Å². The Morgan fingerprint density at radius 2 is 0.457 bits per heavy atom. The van der Waals surface area contributed by atoms with Crippen molar-refractivity contribution >= 4 is 35.5 Å². The Morgan fingerprint density at radius 3 is 0.841 bits per heavy atom. The van der Waals surface area contributed by atoms with E-state index in [0.29, 0.717) is 0 Å². The molecule has 11 heterocycles. The van der Waals surface area contributed by atoms with Gasteiger partial charge in [0.2, 0.25) is 29.5 Å². The summed E-state index contributed by atoms with van der Waals surface area (Å²) in [6, 6.07) is -9.84. The first-order valence-corrected chi connectivity index (χ1v) is 43.6. The van der Waals surface area contributed by atoms with E-state index in [2.05, 4.69) is 26.6 Å². The summed E-state index contributed by atoms with van der Waals surface area (Å²) in [6.45, 7) is -7.47. The van der Waals surface area contributed by atoms with Gasteiger partial charge in [-0.15, -0.1) is 0 Å². The number of nitrogens with one attached hydrogen (secondary N) is 5. The van der Waals surface area contributed by atoms with Crippen molar-refractivity contribution in [3.8, 4) is 0 Å². The molecule has 138 heavy (non-hydrogen) atoms. The molecule has 11 saturated heterocycles. The number of aliphatic hydroxyl groups excluding tert-OH is 29. The molecule has 11 aliphatic rings. The molecule has 0 unspecified atom stereocenters. The Balaban J connectivity index is 0.948. The summed E-state index contributed by atoms with van der Waals surface area (Å²) in [6.07, 6.45) is -111. The highest BCUT2D eigenvalue weighted by atomic mass is 16.8. The quantitative estimate of drug-likeness (QED) is 0.0277. The minimum atomic E-state index is -2.73. The molecule has 0 saturated carbocycles. The molecule has 0 radical (unpaired) electrons. The zero-order valence-corrected chi connectivity index (χ0v) is 73.8. The lowest BCUT2D eigenvalue weighted by atomic mass is 9.93. The molecule has 11 fully saturated rings. The van der Waals surface area contributed by atoms with Crippen LogP contribution in [0.15, 0.2) is 0 Å². The maximum atomic E-state index is 13.3. The normalized spacial score (nSPS) is 48.6. The Labute approximate surface area is 779 Å². The molecule has 5 amide bonds. The van der Waals surface area contributed by atoms with Crippen LogP contribution in [0.5, 0.6) is 0 Å². The van der Waals surface area contributed by atoms with Gasteiger partial charge in [-0.25, -0.2) is 4.79 Å². The molecule has 11 rings (SSSR count). The second kappa shape index (κ2) is 49.3. The summed E-state index contributed by atoms with van der Waals surface area (Å²) in [7, 11) is 0. The topological polar surface area (TPSA) is 963 Å². The van der Waals surface area contributed by atoms with E-state index in [4.69, 9.17) is 99.5 Å².